The van der Waals surface area contributed by atoms with Crippen molar-refractivity contribution in [3.8, 4) is 0 Å². The van der Waals surface area contributed by atoms with E-state index in [0.717, 1.165) is 17.0 Å². The number of likely N-dealkylation sites (N-methyl/N-ethyl adjacent to an activating group) is 1. The van der Waals surface area contributed by atoms with Crippen LogP contribution >= 0.6 is 22.9 Å². The zero-order valence-corrected chi connectivity index (χ0v) is 23.1. The molecule has 0 spiro atoms. The van der Waals surface area contributed by atoms with E-state index in [9.17, 15) is 18.0 Å². The molecule has 1 aromatic carbocycles. The van der Waals surface area contributed by atoms with E-state index in [1.807, 2.05) is 12.1 Å². The normalized spacial score (nSPS) is 16.2. The van der Waals surface area contributed by atoms with Crippen molar-refractivity contribution >= 4 is 56.0 Å². The fourth-order valence-electron chi connectivity index (χ4n) is 4.10. The van der Waals surface area contributed by atoms with Crippen molar-refractivity contribution in [2.75, 3.05) is 25.0 Å². The van der Waals surface area contributed by atoms with Gasteiger partial charge in [0.1, 0.15) is 11.9 Å². The lowest BCUT2D eigenvalue weighted by molar-refractivity contribution is -0.118. The maximum absolute atomic E-state index is 15.0. The summed E-state index contributed by atoms with van der Waals surface area (Å²) < 4.78 is 43.3. The molecule has 1 unspecified atom stereocenters. The number of hydrogen-bond donors (Lipinski definition) is 1. The first-order valence-corrected chi connectivity index (χ1v) is 14.5. The van der Waals surface area contributed by atoms with E-state index in [0.29, 0.717) is 27.8 Å². The Bertz CT molecular complexity index is 1480. The van der Waals surface area contributed by atoms with Crippen molar-refractivity contribution in [2.24, 2.45) is 0 Å². The highest BCUT2D eigenvalue weighted by molar-refractivity contribution is 7.92. The molecule has 1 aliphatic heterocycles. The molecular formula is C26H26ClFN4O4S2. The summed E-state index contributed by atoms with van der Waals surface area (Å²) in [5.41, 5.74) is 1.60. The Balaban J connectivity index is 1.40. The zero-order valence-electron chi connectivity index (χ0n) is 20.7. The Hall–Kier alpha value is -3.12. The lowest BCUT2D eigenvalue weighted by atomic mass is 10.1. The SMILES string of the molecule is CC(=CS(=O)(=O)NC1CCN(c2ccc(C(=O)N(C)CCc3cccnc3)cc2F)C1=O)c1ccc(Cl)s1. The number of anilines is 1. The van der Waals surface area contributed by atoms with Crippen LogP contribution in [0.4, 0.5) is 10.1 Å². The summed E-state index contributed by atoms with van der Waals surface area (Å²) in [5.74, 6) is -1.66. The Morgan fingerprint density at radius 1 is 1.32 bits per heavy atom. The van der Waals surface area contributed by atoms with Gasteiger partial charge in [-0.3, -0.25) is 14.6 Å². The van der Waals surface area contributed by atoms with Gasteiger partial charge < -0.3 is 9.80 Å². The molecule has 12 heteroatoms. The summed E-state index contributed by atoms with van der Waals surface area (Å²) in [5, 5.41) is 1.05. The van der Waals surface area contributed by atoms with Crippen LogP contribution in [0.5, 0.6) is 0 Å². The highest BCUT2D eigenvalue weighted by Crippen LogP contribution is 2.29. The Morgan fingerprint density at radius 2 is 2.11 bits per heavy atom. The topological polar surface area (TPSA) is 99.7 Å². The van der Waals surface area contributed by atoms with Gasteiger partial charge in [-0.05, 0) is 67.3 Å². The van der Waals surface area contributed by atoms with Gasteiger partial charge in [-0.1, -0.05) is 17.7 Å². The zero-order chi connectivity index (χ0) is 27.4. The van der Waals surface area contributed by atoms with E-state index in [1.54, 1.807) is 38.5 Å². The monoisotopic (exact) mass is 576 g/mol. The van der Waals surface area contributed by atoms with Crippen LogP contribution in [0.25, 0.3) is 5.57 Å². The average Bonchev–Trinajstić information content (AvgIpc) is 3.47. The second-order valence-corrected chi connectivity index (χ2v) is 12.2. The molecule has 3 aromatic rings. The van der Waals surface area contributed by atoms with E-state index < -0.39 is 27.8 Å². The van der Waals surface area contributed by atoms with Gasteiger partial charge in [-0.2, -0.15) is 4.72 Å². The number of halogens is 2. The number of benzene rings is 1. The van der Waals surface area contributed by atoms with Gasteiger partial charge in [0.2, 0.25) is 15.9 Å². The molecule has 0 saturated carbocycles. The lowest BCUT2D eigenvalue weighted by Gasteiger charge is -2.20. The number of hydrogen-bond acceptors (Lipinski definition) is 6. The van der Waals surface area contributed by atoms with E-state index in [4.69, 9.17) is 11.6 Å². The van der Waals surface area contributed by atoms with Crippen LogP contribution in [0.15, 0.2) is 60.3 Å². The number of thiophene rings is 1. The first kappa shape index (κ1) is 27.9. The van der Waals surface area contributed by atoms with Crippen LogP contribution in [0.2, 0.25) is 4.34 Å². The summed E-state index contributed by atoms with van der Waals surface area (Å²) in [6.45, 7) is 2.19. The minimum Gasteiger partial charge on any atom is -0.341 e. The molecule has 8 nitrogen and oxygen atoms in total. The average molecular weight is 577 g/mol. The lowest BCUT2D eigenvalue weighted by Crippen LogP contribution is -2.41. The molecule has 1 saturated heterocycles. The number of carbonyl (C=O) groups excluding carboxylic acids is 2. The number of amides is 2. The first-order valence-electron chi connectivity index (χ1n) is 11.8. The van der Waals surface area contributed by atoms with Gasteiger partial charge in [0, 0.05) is 43.0 Å². The third-order valence-electron chi connectivity index (χ3n) is 6.10. The summed E-state index contributed by atoms with van der Waals surface area (Å²) in [4.78, 5) is 33.2. The number of nitrogens with zero attached hydrogens (tertiary/aromatic N) is 3. The third-order valence-corrected chi connectivity index (χ3v) is 8.74. The smallest absolute Gasteiger partial charge is 0.253 e. The standard InChI is InChI=1S/C26H26ClFN4O4S2/c1-17(23-7-8-24(27)37-23)16-38(35,36)30-21-10-13-32(26(21)34)22-6-5-19(14-20(22)28)25(33)31(2)12-9-18-4-3-11-29-15-18/h3-8,11,14-16,21,30H,9-10,12-13H2,1-2H3. The first-order chi connectivity index (χ1) is 18.0. The molecule has 2 amide bonds. The summed E-state index contributed by atoms with van der Waals surface area (Å²) in [6.07, 6.45) is 4.18. The molecule has 2 aromatic heterocycles. The molecule has 200 valence electrons. The molecule has 1 atom stereocenters. The Kier molecular flexibility index (Phi) is 8.61. The van der Waals surface area contributed by atoms with Crippen LogP contribution in [0.3, 0.4) is 0 Å². The molecule has 1 fully saturated rings. The quantitative estimate of drug-likeness (QED) is 0.409. The number of carbonyl (C=O) groups is 2. The van der Waals surface area contributed by atoms with Crippen molar-refractivity contribution in [1.82, 2.24) is 14.6 Å². The summed E-state index contributed by atoms with van der Waals surface area (Å²) >= 11 is 7.17. The van der Waals surface area contributed by atoms with Crippen LogP contribution < -0.4 is 9.62 Å². The molecule has 1 aliphatic rings. The molecule has 3 heterocycles. The van der Waals surface area contributed by atoms with Crippen molar-refractivity contribution in [3.63, 3.8) is 0 Å². The van der Waals surface area contributed by atoms with Gasteiger partial charge in [0.05, 0.1) is 15.4 Å². The fraction of sp³-hybridized carbons (Fsp3) is 0.269. The van der Waals surface area contributed by atoms with E-state index >= 15 is 4.39 Å². The van der Waals surface area contributed by atoms with Crippen LogP contribution in [-0.2, 0) is 21.2 Å². The fourth-order valence-corrected chi connectivity index (χ4v) is 6.47. The van der Waals surface area contributed by atoms with Crippen molar-refractivity contribution in [2.45, 2.75) is 25.8 Å². The minimum absolute atomic E-state index is 0.00814. The highest BCUT2D eigenvalue weighted by Gasteiger charge is 2.36. The van der Waals surface area contributed by atoms with Crippen LogP contribution in [0.1, 0.15) is 34.1 Å². The number of rotatable bonds is 9. The predicted octanol–water partition coefficient (Wildman–Crippen LogP) is 4.34. The van der Waals surface area contributed by atoms with E-state index in [-0.39, 0.29) is 30.1 Å². The Morgan fingerprint density at radius 3 is 2.76 bits per heavy atom. The Labute approximate surface area is 229 Å². The number of nitrogens with one attached hydrogen (secondary N) is 1. The number of sulfonamides is 1. The van der Waals surface area contributed by atoms with Crippen molar-refractivity contribution < 1.29 is 22.4 Å². The molecule has 38 heavy (non-hydrogen) atoms. The largest absolute Gasteiger partial charge is 0.341 e. The second kappa shape index (κ2) is 11.7. The number of allylic oxidation sites excluding steroid dienone is 1. The summed E-state index contributed by atoms with van der Waals surface area (Å²) in [7, 11) is -2.32. The van der Waals surface area contributed by atoms with Gasteiger partial charge in [0.15, 0.2) is 0 Å². The van der Waals surface area contributed by atoms with Gasteiger partial charge >= 0.3 is 0 Å². The maximum atomic E-state index is 15.0. The van der Waals surface area contributed by atoms with Gasteiger partial charge in [-0.15, -0.1) is 11.3 Å². The summed E-state index contributed by atoms with van der Waals surface area (Å²) in [6, 6.07) is 10.0. The molecule has 0 radical (unpaired) electrons. The van der Waals surface area contributed by atoms with Crippen LogP contribution in [-0.4, -0.2) is 56.3 Å². The second-order valence-electron chi connectivity index (χ2n) is 8.90. The van der Waals surface area contributed by atoms with Gasteiger partial charge in [0.25, 0.3) is 5.91 Å². The molecular weight excluding hydrogens is 551 g/mol. The predicted molar refractivity (Wildman–Crippen MR) is 147 cm³/mol. The van der Waals surface area contributed by atoms with E-state index in [2.05, 4.69) is 9.71 Å². The minimum atomic E-state index is -3.95. The van der Waals surface area contributed by atoms with E-state index in [1.165, 1.54) is 33.3 Å². The molecule has 0 bridgehead atoms. The molecule has 1 N–H and O–H groups in total. The highest BCUT2D eigenvalue weighted by atomic mass is 35.5. The third kappa shape index (κ3) is 6.65. The number of aromatic nitrogens is 1. The molecule has 0 aliphatic carbocycles. The number of pyridine rings is 1. The van der Waals surface area contributed by atoms with Gasteiger partial charge in [-0.25, -0.2) is 12.8 Å². The van der Waals surface area contributed by atoms with Crippen LogP contribution in [0, 0.1) is 5.82 Å². The van der Waals surface area contributed by atoms with Crippen molar-refractivity contribution in [3.05, 3.63) is 86.4 Å². The maximum Gasteiger partial charge on any atom is 0.253 e. The van der Waals surface area contributed by atoms with Crippen molar-refractivity contribution in [1.29, 1.82) is 0 Å². The molecule has 4 rings (SSSR count).